The molecule has 0 radical (unpaired) electrons. The first kappa shape index (κ1) is 19.4. The van der Waals surface area contributed by atoms with E-state index < -0.39 is 0 Å². The third-order valence-corrected chi connectivity index (χ3v) is 5.41. The van der Waals surface area contributed by atoms with Crippen LogP contribution in [-0.4, -0.2) is 42.5 Å². The minimum Gasteiger partial charge on any atom is -0.497 e. The zero-order valence-corrected chi connectivity index (χ0v) is 16.4. The van der Waals surface area contributed by atoms with Crippen molar-refractivity contribution in [3.8, 4) is 5.75 Å². The Morgan fingerprint density at radius 1 is 1.04 bits per heavy atom. The SMILES string of the molecule is CCN(Cc1ccccc1)C(=O)C1CCN(Cc2ccc(OC)cc2)CC1. The van der Waals surface area contributed by atoms with Gasteiger partial charge in [0.05, 0.1) is 7.11 Å². The Morgan fingerprint density at radius 2 is 1.70 bits per heavy atom. The Kier molecular flexibility index (Phi) is 6.88. The average molecular weight is 367 g/mol. The maximum Gasteiger partial charge on any atom is 0.226 e. The quantitative estimate of drug-likeness (QED) is 0.744. The molecular weight excluding hydrogens is 336 g/mol. The maximum absolute atomic E-state index is 13.0. The van der Waals surface area contributed by atoms with Crippen LogP contribution in [0.3, 0.4) is 0 Å². The molecular formula is C23H30N2O2. The average Bonchev–Trinajstić information content (AvgIpc) is 2.73. The molecule has 4 nitrogen and oxygen atoms in total. The van der Waals surface area contributed by atoms with Crippen molar-refractivity contribution in [1.29, 1.82) is 0 Å². The summed E-state index contributed by atoms with van der Waals surface area (Å²) in [5, 5.41) is 0. The highest BCUT2D eigenvalue weighted by Gasteiger charge is 2.28. The molecule has 1 aliphatic heterocycles. The number of likely N-dealkylation sites (tertiary alicyclic amines) is 1. The summed E-state index contributed by atoms with van der Waals surface area (Å²) in [7, 11) is 1.69. The van der Waals surface area contributed by atoms with E-state index >= 15 is 0 Å². The number of hydrogen-bond donors (Lipinski definition) is 0. The standard InChI is InChI=1S/C23H30N2O2/c1-3-25(18-19-7-5-4-6-8-19)23(26)21-13-15-24(16-14-21)17-20-9-11-22(27-2)12-10-20/h4-12,21H,3,13-18H2,1-2H3. The monoisotopic (exact) mass is 366 g/mol. The molecule has 27 heavy (non-hydrogen) atoms. The molecule has 0 aromatic heterocycles. The number of benzene rings is 2. The molecule has 0 spiro atoms. The predicted octanol–water partition coefficient (Wildman–Crippen LogP) is 3.96. The second-order valence-electron chi connectivity index (χ2n) is 7.24. The van der Waals surface area contributed by atoms with E-state index in [-0.39, 0.29) is 5.92 Å². The minimum atomic E-state index is 0.153. The van der Waals surface area contributed by atoms with Crippen molar-refractivity contribution in [2.45, 2.75) is 32.9 Å². The van der Waals surface area contributed by atoms with Gasteiger partial charge in [-0.25, -0.2) is 0 Å². The summed E-state index contributed by atoms with van der Waals surface area (Å²) < 4.78 is 5.22. The molecule has 3 rings (SSSR count). The lowest BCUT2D eigenvalue weighted by Gasteiger charge is -2.34. The summed E-state index contributed by atoms with van der Waals surface area (Å²) in [6.45, 7) is 6.44. The maximum atomic E-state index is 13.0. The lowest BCUT2D eigenvalue weighted by molar-refractivity contribution is -0.137. The molecule has 0 N–H and O–H groups in total. The van der Waals surface area contributed by atoms with Crippen molar-refractivity contribution in [2.75, 3.05) is 26.7 Å². The van der Waals surface area contributed by atoms with Gasteiger partial charge in [0.25, 0.3) is 0 Å². The van der Waals surface area contributed by atoms with Crippen LogP contribution in [0.25, 0.3) is 0 Å². The molecule has 1 amide bonds. The number of hydrogen-bond acceptors (Lipinski definition) is 3. The molecule has 0 bridgehead atoms. The van der Waals surface area contributed by atoms with Crippen LogP contribution in [0, 0.1) is 5.92 Å². The number of ether oxygens (including phenoxy) is 1. The highest BCUT2D eigenvalue weighted by atomic mass is 16.5. The van der Waals surface area contributed by atoms with Gasteiger partial charge in [0.15, 0.2) is 0 Å². The highest BCUT2D eigenvalue weighted by Crippen LogP contribution is 2.22. The van der Waals surface area contributed by atoms with Gasteiger partial charge in [0.2, 0.25) is 5.91 Å². The number of piperidine rings is 1. The third-order valence-electron chi connectivity index (χ3n) is 5.41. The lowest BCUT2D eigenvalue weighted by atomic mass is 9.94. The Hall–Kier alpha value is -2.33. The first-order chi connectivity index (χ1) is 13.2. The third kappa shape index (κ3) is 5.33. The molecule has 0 atom stereocenters. The topological polar surface area (TPSA) is 32.8 Å². The Labute approximate surface area is 162 Å². The fourth-order valence-corrected chi connectivity index (χ4v) is 3.73. The fraction of sp³-hybridized carbons (Fsp3) is 0.435. The van der Waals surface area contributed by atoms with E-state index in [1.165, 1.54) is 11.1 Å². The largest absolute Gasteiger partial charge is 0.497 e. The molecule has 0 aliphatic carbocycles. The fourth-order valence-electron chi connectivity index (χ4n) is 3.73. The van der Waals surface area contributed by atoms with E-state index in [1.54, 1.807) is 7.11 Å². The number of rotatable bonds is 7. The molecule has 1 heterocycles. The van der Waals surface area contributed by atoms with Gasteiger partial charge in [-0.1, -0.05) is 42.5 Å². The zero-order valence-electron chi connectivity index (χ0n) is 16.4. The summed E-state index contributed by atoms with van der Waals surface area (Å²) in [6, 6.07) is 18.5. The lowest BCUT2D eigenvalue weighted by Crippen LogP contribution is -2.42. The smallest absolute Gasteiger partial charge is 0.226 e. The number of carbonyl (C=O) groups excluding carboxylic acids is 1. The molecule has 1 fully saturated rings. The Balaban J connectivity index is 1.50. The van der Waals surface area contributed by atoms with E-state index in [0.29, 0.717) is 12.5 Å². The number of nitrogens with zero attached hydrogens (tertiary/aromatic N) is 2. The Morgan fingerprint density at radius 3 is 2.30 bits per heavy atom. The van der Waals surface area contributed by atoms with Crippen LogP contribution in [0.4, 0.5) is 0 Å². The van der Waals surface area contributed by atoms with Crippen LogP contribution < -0.4 is 4.74 Å². The summed E-state index contributed by atoms with van der Waals surface area (Å²) in [6.07, 6.45) is 1.89. The van der Waals surface area contributed by atoms with Crippen LogP contribution in [-0.2, 0) is 17.9 Å². The summed E-state index contributed by atoms with van der Waals surface area (Å²) in [4.78, 5) is 17.4. The molecule has 1 saturated heterocycles. The van der Waals surface area contributed by atoms with Crippen molar-refractivity contribution >= 4 is 5.91 Å². The molecule has 2 aromatic rings. The van der Waals surface area contributed by atoms with Gasteiger partial charge in [-0.2, -0.15) is 0 Å². The van der Waals surface area contributed by atoms with Crippen molar-refractivity contribution in [2.24, 2.45) is 5.92 Å². The first-order valence-electron chi connectivity index (χ1n) is 9.87. The minimum absolute atomic E-state index is 0.153. The van der Waals surface area contributed by atoms with Gasteiger partial charge in [0.1, 0.15) is 5.75 Å². The first-order valence-corrected chi connectivity index (χ1v) is 9.87. The van der Waals surface area contributed by atoms with E-state index in [2.05, 4.69) is 36.1 Å². The normalized spacial score (nSPS) is 15.5. The second kappa shape index (κ2) is 9.56. The number of amides is 1. The van der Waals surface area contributed by atoms with Crippen LogP contribution >= 0.6 is 0 Å². The second-order valence-corrected chi connectivity index (χ2v) is 7.24. The van der Waals surface area contributed by atoms with E-state index in [1.807, 2.05) is 35.2 Å². The van der Waals surface area contributed by atoms with Crippen molar-refractivity contribution in [3.05, 3.63) is 65.7 Å². The summed E-state index contributed by atoms with van der Waals surface area (Å²) >= 11 is 0. The molecule has 2 aromatic carbocycles. The molecule has 0 unspecified atom stereocenters. The van der Waals surface area contributed by atoms with Crippen LogP contribution in [0.1, 0.15) is 30.9 Å². The molecule has 1 aliphatic rings. The van der Waals surface area contributed by atoms with Gasteiger partial charge in [-0.15, -0.1) is 0 Å². The van der Waals surface area contributed by atoms with E-state index in [4.69, 9.17) is 4.74 Å². The van der Waals surface area contributed by atoms with Gasteiger partial charge in [0, 0.05) is 25.6 Å². The van der Waals surface area contributed by atoms with Crippen molar-refractivity contribution in [3.63, 3.8) is 0 Å². The van der Waals surface area contributed by atoms with Crippen LogP contribution in [0.15, 0.2) is 54.6 Å². The van der Waals surface area contributed by atoms with Crippen molar-refractivity contribution in [1.82, 2.24) is 9.80 Å². The van der Waals surface area contributed by atoms with E-state index in [0.717, 1.165) is 44.8 Å². The number of carbonyl (C=O) groups is 1. The molecule has 4 heteroatoms. The van der Waals surface area contributed by atoms with Gasteiger partial charge in [-0.3, -0.25) is 9.69 Å². The number of methoxy groups -OCH3 is 1. The van der Waals surface area contributed by atoms with Gasteiger partial charge < -0.3 is 9.64 Å². The van der Waals surface area contributed by atoms with Crippen LogP contribution in [0.5, 0.6) is 5.75 Å². The van der Waals surface area contributed by atoms with Crippen molar-refractivity contribution < 1.29 is 9.53 Å². The zero-order chi connectivity index (χ0) is 19.1. The highest BCUT2D eigenvalue weighted by molar-refractivity contribution is 5.79. The summed E-state index contributed by atoms with van der Waals surface area (Å²) in [5.41, 5.74) is 2.49. The van der Waals surface area contributed by atoms with E-state index in [9.17, 15) is 4.79 Å². The van der Waals surface area contributed by atoms with Gasteiger partial charge >= 0.3 is 0 Å². The summed E-state index contributed by atoms with van der Waals surface area (Å²) in [5.74, 6) is 1.35. The van der Waals surface area contributed by atoms with Gasteiger partial charge in [-0.05, 0) is 56.1 Å². The predicted molar refractivity (Wildman–Crippen MR) is 109 cm³/mol. The Bertz CT molecular complexity index is 707. The van der Waals surface area contributed by atoms with Crippen LogP contribution in [0.2, 0.25) is 0 Å². The molecule has 0 saturated carbocycles. The molecule has 144 valence electrons.